The maximum Gasteiger partial charge on any atom is 0.293 e. The fraction of sp³-hybridized carbons (Fsp3) is 0.404. The van der Waals surface area contributed by atoms with Crippen LogP contribution >= 0.6 is 11.6 Å². The number of amides is 1. The number of carbonyl (C=O) groups is 1. The highest BCUT2D eigenvalue weighted by atomic mass is 35.5. The minimum absolute atomic E-state index is 0.0775. The highest BCUT2D eigenvalue weighted by Gasteiger charge is 2.35. The molecule has 1 amide bonds. The van der Waals surface area contributed by atoms with Gasteiger partial charge in [0.15, 0.2) is 0 Å². The number of nitrogens with one attached hydrogen (secondary N) is 3. The second-order valence-corrected chi connectivity index (χ2v) is 20.1. The van der Waals surface area contributed by atoms with E-state index < -0.39 is 37.0 Å². The SMILES string of the molecule is CC1(C)CCC(CN2CCN(c3ccc(C(=O)NS(=O)(=O)c4ccc(NCC5CCOCC5)c([N+](=O)[O-])c4)c([C@](C)(O)c4cnc5[nH]ccc5c4)c3)CC2)=C(c2ccc(Cl)cc2)C1. The molecule has 0 unspecified atom stereocenters. The van der Waals surface area contributed by atoms with Crippen LogP contribution in [0, 0.1) is 21.4 Å². The van der Waals surface area contributed by atoms with E-state index in [2.05, 4.69) is 55.8 Å². The number of ether oxygens (including phenoxy) is 1. The fourth-order valence-corrected chi connectivity index (χ4v) is 10.1. The number of H-pyrrole nitrogens is 1. The molecule has 4 heterocycles. The van der Waals surface area contributed by atoms with E-state index in [1.165, 1.54) is 41.1 Å². The Morgan fingerprint density at radius 3 is 2.52 bits per heavy atom. The lowest BCUT2D eigenvalue weighted by atomic mass is 9.72. The van der Waals surface area contributed by atoms with Gasteiger partial charge in [0.1, 0.15) is 16.9 Å². The Balaban J connectivity index is 1.04. The molecule has 3 aliphatic rings. The maximum atomic E-state index is 14.2. The van der Waals surface area contributed by atoms with E-state index in [1.807, 2.05) is 18.2 Å². The van der Waals surface area contributed by atoms with E-state index >= 15 is 0 Å². The van der Waals surface area contributed by atoms with Gasteiger partial charge in [0.05, 0.1) is 9.82 Å². The van der Waals surface area contributed by atoms with Crippen molar-refractivity contribution in [2.24, 2.45) is 11.3 Å². The van der Waals surface area contributed by atoms with Crippen LogP contribution in [0.1, 0.15) is 79.9 Å². The van der Waals surface area contributed by atoms with Crippen LogP contribution in [0.4, 0.5) is 17.1 Å². The first-order chi connectivity index (χ1) is 30.1. The molecule has 2 aromatic heterocycles. The largest absolute Gasteiger partial charge is 0.381 e. The van der Waals surface area contributed by atoms with Crippen molar-refractivity contribution in [2.75, 3.05) is 62.7 Å². The number of aliphatic hydroxyl groups is 1. The van der Waals surface area contributed by atoms with Crippen LogP contribution < -0.4 is 14.9 Å². The number of piperazine rings is 1. The molecule has 0 spiro atoms. The summed E-state index contributed by atoms with van der Waals surface area (Å²) in [6.45, 7) is 11.7. The molecule has 2 aliphatic heterocycles. The zero-order chi connectivity index (χ0) is 44.5. The Kier molecular flexibility index (Phi) is 12.7. The smallest absolute Gasteiger partial charge is 0.293 e. The number of nitro benzene ring substituents is 1. The Morgan fingerprint density at radius 2 is 1.79 bits per heavy atom. The van der Waals surface area contributed by atoms with Crippen LogP contribution in [0.5, 0.6) is 0 Å². The van der Waals surface area contributed by atoms with Gasteiger partial charge < -0.3 is 25.0 Å². The van der Waals surface area contributed by atoms with Crippen molar-refractivity contribution in [3.63, 3.8) is 0 Å². The maximum absolute atomic E-state index is 14.2. The van der Waals surface area contributed by atoms with Gasteiger partial charge in [-0.3, -0.25) is 19.8 Å². The molecular formula is C47H54ClN7O7S. The summed E-state index contributed by atoms with van der Waals surface area (Å²) >= 11 is 6.25. The predicted molar refractivity (Wildman–Crippen MR) is 246 cm³/mol. The number of benzene rings is 3. The number of anilines is 2. The lowest BCUT2D eigenvalue weighted by Gasteiger charge is -2.39. The molecule has 1 aliphatic carbocycles. The van der Waals surface area contributed by atoms with Crippen LogP contribution in [0.15, 0.2) is 95.7 Å². The van der Waals surface area contributed by atoms with E-state index in [0.717, 1.165) is 73.9 Å². The van der Waals surface area contributed by atoms with Crippen molar-refractivity contribution in [3.05, 3.63) is 128 Å². The summed E-state index contributed by atoms with van der Waals surface area (Å²) in [4.78, 5) is 37.4. The number of aromatic amines is 1. The number of hydrogen-bond donors (Lipinski definition) is 4. The van der Waals surface area contributed by atoms with Gasteiger partial charge in [-0.25, -0.2) is 18.1 Å². The van der Waals surface area contributed by atoms with Gasteiger partial charge in [0, 0.05) is 104 Å². The summed E-state index contributed by atoms with van der Waals surface area (Å²) in [7, 11) is -4.62. The lowest BCUT2D eigenvalue weighted by molar-refractivity contribution is -0.384. The number of allylic oxidation sites excluding steroid dienone is 1. The number of aromatic nitrogens is 2. The third-order valence-electron chi connectivity index (χ3n) is 12.9. The number of fused-ring (bicyclic) bond motifs is 1. The van der Waals surface area contributed by atoms with E-state index in [4.69, 9.17) is 16.3 Å². The molecule has 3 aromatic carbocycles. The Labute approximate surface area is 372 Å². The molecule has 2 saturated heterocycles. The molecule has 332 valence electrons. The van der Waals surface area contributed by atoms with Gasteiger partial charge in [-0.05, 0) is 116 Å². The third-order valence-corrected chi connectivity index (χ3v) is 14.5. The van der Waals surface area contributed by atoms with Gasteiger partial charge >= 0.3 is 0 Å². The fourth-order valence-electron chi connectivity index (χ4n) is 9.01. The van der Waals surface area contributed by atoms with Gasteiger partial charge in [0.25, 0.3) is 21.6 Å². The molecule has 0 saturated carbocycles. The molecule has 0 radical (unpaired) electrons. The van der Waals surface area contributed by atoms with Crippen LogP contribution in [-0.2, 0) is 20.4 Å². The molecule has 63 heavy (non-hydrogen) atoms. The number of nitro groups is 1. The van der Waals surface area contributed by atoms with Crippen LogP contribution in [0.3, 0.4) is 0 Å². The Morgan fingerprint density at radius 1 is 1.05 bits per heavy atom. The Hall–Kier alpha value is -5.32. The van der Waals surface area contributed by atoms with Crippen LogP contribution in [0.2, 0.25) is 5.02 Å². The van der Waals surface area contributed by atoms with Gasteiger partial charge in [-0.2, -0.15) is 0 Å². The summed E-state index contributed by atoms with van der Waals surface area (Å²) in [5.74, 6) is -0.738. The number of halogens is 1. The number of rotatable bonds is 13. The summed E-state index contributed by atoms with van der Waals surface area (Å²) in [5, 5.41) is 29.1. The van der Waals surface area contributed by atoms with Crippen LogP contribution in [0.25, 0.3) is 16.6 Å². The van der Waals surface area contributed by atoms with Crippen molar-refractivity contribution in [3.8, 4) is 0 Å². The molecule has 8 rings (SSSR count). The molecule has 5 aromatic rings. The average Bonchev–Trinajstić information content (AvgIpc) is 3.75. The quantitative estimate of drug-likeness (QED) is 0.0662. The average molecular weight is 897 g/mol. The van der Waals surface area contributed by atoms with Crippen LogP contribution in [-0.4, -0.2) is 91.7 Å². The molecular weight excluding hydrogens is 842 g/mol. The highest BCUT2D eigenvalue weighted by molar-refractivity contribution is 7.90. The lowest BCUT2D eigenvalue weighted by Crippen LogP contribution is -2.47. The number of hydrogen-bond acceptors (Lipinski definition) is 11. The number of carbonyl (C=O) groups excluding carboxylic acids is 1. The molecule has 16 heteroatoms. The third kappa shape index (κ3) is 9.92. The summed E-state index contributed by atoms with van der Waals surface area (Å²) < 4.78 is 35.1. The summed E-state index contributed by atoms with van der Waals surface area (Å²) in [5.41, 5.74) is 4.10. The minimum atomic E-state index is -4.62. The first-order valence-electron chi connectivity index (χ1n) is 21.5. The molecule has 0 bridgehead atoms. The highest BCUT2D eigenvalue weighted by Crippen LogP contribution is 2.44. The number of sulfonamides is 1. The zero-order valence-corrected chi connectivity index (χ0v) is 37.4. The van der Waals surface area contributed by atoms with E-state index in [0.29, 0.717) is 44.1 Å². The first-order valence-corrected chi connectivity index (χ1v) is 23.3. The topological polar surface area (TPSA) is 183 Å². The predicted octanol–water partition coefficient (Wildman–Crippen LogP) is 8.12. The summed E-state index contributed by atoms with van der Waals surface area (Å²) in [6, 6.07) is 20.3. The normalized spacial score (nSPS) is 18.6. The van der Waals surface area contributed by atoms with Crippen molar-refractivity contribution in [1.29, 1.82) is 0 Å². The summed E-state index contributed by atoms with van der Waals surface area (Å²) in [6.07, 6.45) is 8.05. The number of pyridine rings is 1. The second-order valence-electron chi connectivity index (χ2n) is 17.9. The van der Waals surface area contributed by atoms with E-state index in [1.54, 1.807) is 31.3 Å². The van der Waals surface area contributed by atoms with Gasteiger partial charge in [0.2, 0.25) is 0 Å². The minimum Gasteiger partial charge on any atom is -0.381 e. The number of nitrogens with zero attached hydrogens (tertiary/aromatic N) is 4. The standard InChI is InChI=1S/C47H54ClN7O7S/c1-46(2)16-12-34(40(27-46)32-4-6-36(48)7-5-32)30-53-18-20-54(21-19-53)37-8-10-39(41(25-37)47(3,57)35-24-33-13-17-49-44(33)51-29-35)45(56)52-63(60,61)38-9-11-42(43(26-38)55(58)59)50-28-31-14-22-62-23-15-31/h4-11,13,17,24-26,29,31,50,57H,12,14-16,18-23,27-28,30H2,1-3H3,(H,49,51)(H,52,56)/t47-/m1/s1. The molecule has 4 N–H and O–H groups in total. The van der Waals surface area contributed by atoms with E-state index in [9.17, 15) is 28.4 Å². The Bertz CT molecular complexity index is 2650. The zero-order valence-electron chi connectivity index (χ0n) is 35.8. The molecule has 14 nitrogen and oxygen atoms in total. The molecule has 1 atom stereocenters. The van der Waals surface area contributed by atoms with E-state index in [-0.39, 0.29) is 28.1 Å². The monoisotopic (exact) mass is 895 g/mol. The van der Waals surface area contributed by atoms with Crippen molar-refractivity contribution in [2.45, 2.75) is 63.4 Å². The molecule has 2 fully saturated rings. The van der Waals surface area contributed by atoms with Crippen molar-refractivity contribution < 1.29 is 28.0 Å². The first kappa shape index (κ1) is 44.3. The second kappa shape index (κ2) is 18.0. The van der Waals surface area contributed by atoms with Crippen molar-refractivity contribution >= 4 is 61.2 Å². The van der Waals surface area contributed by atoms with Gasteiger partial charge in [-0.1, -0.05) is 43.2 Å². The van der Waals surface area contributed by atoms with Gasteiger partial charge in [-0.15, -0.1) is 0 Å². The van der Waals surface area contributed by atoms with Crippen molar-refractivity contribution in [1.82, 2.24) is 19.6 Å².